The van der Waals surface area contributed by atoms with Crippen LogP contribution >= 0.6 is 0 Å². The van der Waals surface area contributed by atoms with Crippen LogP contribution in [0.25, 0.3) is 11.3 Å². The molecule has 0 atom stereocenters. The summed E-state index contributed by atoms with van der Waals surface area (Å²) in [7, 11) is 0. The Balaban J connectivity index is 1.34. The van der Waals surface area contributed by atoms with Crippen molar-refractivity contribution in [3.05, 3.63) is 185 Å². The van der Waals surface area contributed by atoms with Crippen molar-refractivity contribution in [3.8, 4) is 22.8 Å². The topological polar surface area (TPSA) is 54.0 Å². The predicted molar refractivity (Wildman–Crippen MR) is 192 cm³/mol. The molecule has 1 aliphatic heterocycles. The third kappa shape index (κ3) is 4.04. The van der Waals surface area contributed by atoms with E-state index in [4.69, 9.17) is 9.72 Å². The second-order valence-corrected chi connectivity index (χ2v) is 13.3. The van der Waals surface area contributed by atoms with Crippen molar-refractivity contribution in [1.82, 2.24) is 15.2 Å². The quantitative estimate of drug-likeness (QED) is 0.212. The Hall–Kier alpha value is -5.94. The van der Waals surface area contributed by atoms with Crippen LogP contribution in [0.3, 0.4) is 0 Å². The Kier molecular flexibility index (Phi) is 6.21. The summed E-state index contributed by atoms with van der Waals surface area (Å²) in [5, 5.41) is 7.65. The van der Waals surface area contributed by atoms with Crippen LogP contribution in [0, 0.1) is 6.92 Å². The molecular weight excluding hydrogens is 589 g/mol. The molecule has 0 amide bonds. The highest BCUT2D eigenvalue weighted by Gasteiger charge is 2.50. The second kappa shape index (κ2) is 10.5. The SMILES string of the molecule is Cc1cc(-c2cccc(N3c4ccccc4Oc4ccc(C5(c6ccccn6)c6ccccc6C(C)(C)c6ccccc65)cc43)c2)n[nH]1. The first-order valence-corrected chi connectivity index (χ1v) is 16.4. The molecule has 5 heteroatoms. The minimum Gasteiger partial charge on any atom is -0.453 e. The van der Waals surface area contributed by atoms with Gasteiger partial charge in [0, 0.05) is 28.6 Å². The number of hydrogen-bond acceptors (Lipinski definition) is 4. The monoisotopic (exact) mass is 622 g/mol. The average Bonchev–Trinajstić information content (AvgIpc) is 3.58. The maximum atomic E-state index is 6.63. The Bertz CT molecular complexity index is 2290. The number of rotatable bonds is 4. The van der Waals surface area contributed by atoms with Crippen molar-refractivity contribution in [2.24, 2.45) is 0 Å². The van der Waals surface area contributed by atoms with Crippen LogP contribution in [0.5, 0.6) is 11.5 Å². The maximum absolute atomic E-state index is 6.63. The molecule has 5 aromatic carbocycles. The van der Waals surface area contributed by atoms with Gasteiger partial charge in [-0.15, -0.1) is 0 Å². The van der Waals surface area contributed by atoms with Gasteiger partial charge in [-0.2, -0.15) is 5.10 Å². The van der Waals surface area contributed by atoms with E-state index in [1.165, 1.54) is 22.3 Å². The number of aryl methyl sites for hydroxylation is 1. The molecule has 0 fully saturated rings. The molecule has 5 nitrogen and oxygen atoms in total. The molecule has 3 heterocycles. The number of aromatic amines is 1. The molecule has 0 saturated carbocycles. The smallest absolute Gasteiger partial charge is 0.151 e. The molecule has 1 aliphatic carbocycles. The average molecular weight is 623 g/mol. The van der Waals surface area contributed by atoms with E-state index in [-0.39, 0.29) is 5.41 Å². The van der Waals surface area contributed by atoms with E-state index in [1.807, 2.05) is 31.3 Å². The molecule has 0 radical (unpaired) electrons. The van der Waals surface area contributed by atoms with Crippen LogP contribution in [0.1, 0.15) is 53.1 Å². The zero-order chi connectivity index (χ0) is 32.5. The zero-order valence-electron chi connectivity index (χ0n) is 27.1. The summed E-state index contributed by atoms with van der Waals surface area (Å²) in [5.74, 6) is 1.61. The van der Waals surface area contributed by atoms with E-state index in [0.29, 0.717) is 0 Å². The van der Waals surface area contributed by atoms with Crippen LogP contribution in [0.2, 0.25) is 0 Å². The first kappa shape index (κ1) is 28.3. The summed E-state index contributed by atoms with van der Waals surface area (Å²) in [4.78, 5) is 7.43. The molecule has 232 valence electrons. The number of para-hydroxylation sites is 2. The lowest BCUT2D eigenvalue weighted by atomic mass is 9.55. The minimum atomic E-state index is -0.671. The van der Waals surface area contributed by atoms with Crippen molar-refractivity contribution < 1.29 is 4.74 Å². The van der Waals surface area contributed by atoms with Gasteiger partial charge in [0.1, 0.15) is 0 Å². The number of hydrogen-bond donors (Lipinski definition) is 1. The molecule has 0 spiro atoms. The fourth-order valence-corrected chi connectivity index (χ4v) is 7.96. The molecule has 48 heavy (non-hydrogen) atoms. The van der Waals surface area contributed by atoms with Crippen molar-refractivity contribution in [2.45, 2.75) is 31.6 Å². The Morgan fingerprint density at radius 2 is 1.31 bits per heavy atom. The Morgan fingerprint density at radius 1 is 0.625 bits per heavy atom. The third-order valence-electron chi connectivity index (χ3n) is 10.1. The summed E-state index contributed by atoms with van der Waals surface area (Å²) in [6.07, 6.45) is 1.91. The molecule has 7 aromatic rings. The number of H-pyrrole nitrogens is 1. The normalized spacial score (nSPS) is 15.0. The summed E-state index contributed by atoms with van der Waals surface area (Å²) >= 11 is 0. The molecule has 9 rings (SSSR count). The lowest BCUT2D eigenvalue weighted by Crippen LogP contribution is -2.42. The van der Waals surface area contributed by atoms with E-state index in [9.17, 15) is 0 Å². The van der Waals surface area contributed by atoms with Gasteiger partial charge in [-0.1, -0.05) is 98.8 Å². The van der Waals surface area contributed by atoms with Crippen LogP contribution in [-0.4, -0.2) is 15.2 Å². The number of benzene rings is 5. The highest BCUT2D eigenvalue weighted by Crippen LogP contribution is 2.58. The van der Waals surface area contributed by atoms with Gasteiger partial charge < -0.3 is 9.64 Å². The lowest BCUT2D eigenvalue weighted by molar-refractivity contribution is 0.476. The fourth-order valence-electron chi connectivity index (χ4n) is 7.96. The highest BCUT2D eigenvalue weighted by molar-refractivity contribution is 5.88. The van der Waals surface area contributed by atoms with E-state index < -0.39 is 5.41 Å². The minimum absolute atomic E-state index is 0.196. The molecule has 2 aromatic heterocycles. The van der Waals surface area contributed by atoms with Gasteiger partial charge in [0.15, 0.2) is 11.5 Å². The van der Waals surface area contributed by atoms with E-state index in [2.05, 4.69) is 150 Å². The number of aromatic nitrogens is 3. The van der Waals surface area contributed by atoms with Gasteiger partial charge in [-0.3, -0.25) is 10.1 Å². The van der Waals surface area contributed by atoms with Gasteiger partial charge in [-0.25, -0.2) is 0 Å². The van der Waals surface area contributed by atoms with Gasteiger partial charge in [0.2, 0.25) is 0 Å². The van der Waals surface area contributed by atoms with Crippen LogP contribution < -0.4 is 9.64 Å². The lowest BCUT2D eigenvalue weighted by Gasteiger charge is -2.47. The third-order valence-corrected chi connectivity index (χ3v) is 10.1. The van der Waals surface area contributed by atoms with Crippen molar-refractivity contribution in [3.63, 3.8) is 0 Å². The first-order chi connectivity index (χ1) is 23.5. The van der Waals surface area contributed by atoms with Crippen molar-refractivity contribution in [2.75, 3.05) is 4.90 Å². The fraction of sp³-hybridized carbons (Fsp3) is 0.116. The van der Waals surface area contributed by atoms with Crippen LogP contribution in [-0.2, 0) is 10.8 Å². The summed E-state index contributed by atoms with van der Waals surface area (Å²) < 4.78 is 6.63. The van der Waals surface area contributed by atoms with Crippen molar-refractivity contribution in [1.29, 1.82) is 0 Å². The Labute approximate surface area is 280 Å². The van der Waals surface area contributed by atoms with Gasteiger partial charge in [0.25, 0.3) is 0 Å². The summed E-state index contributed by atoms with van der Waals surface area (Å²) in [6, 6.07) is 49.6. The number of pyridine rings is 1. The zero-order valence-corrected chi connectivity index (χ0v) is 27.1. The highest BCUT2D eigenvalue weighted by atomic mass is 16.5. The number of fused-ring (bicyclic) bond motifs is 4. The van der Waals surface area contributed by atoms with Crippen molar-refractivity contribution >= 4 is 17.1 Å². The molecule has 2 aliphatic rings. The molecule has 0 bridgehead atoms. The van der Waals surface area contributed by atoms with E-state index >= 15 is 0 Å². The Morgan fingerprint density at radius 3 is 2.02 bits per heavy atom. The molecule has 1 N–H and O–H groups in total. The summed E-state index contributed by atoms with van der Waals surface area (Å²) in [5.41, 5.74) is 12.3. The standard InChI is InChI=1S/C43H34N4O/c1-28-25-36(46-45-28)29-13-12-14-31(26-29)47-37-19-8-9-20-39(37)48-40-23-22-30(27-38(40)47)43(41-21-10-11-24-44-41)34-17-6-4-15-32(34)42(2,3)33-16-5-7-18-35(33)43/h4-27H,1-3H3,(H,45,46). The number of nitrogens with one attached hydrogen (secondary N) is 1. The number of nitrogens with zero attached hydrogens (tertiary/aromatic N) is 3. The van der Waals surface area contributed by atoms with Gasteiger partial charge in [0.05, 0.1) is 28.2 Å². The molecular formula is C43H34N4O. The van der Waals surface area contributed by atoms with Gasteiger partial charge in [-0.05, 0) is 89.3 Å². The summed E-state index contributed by atoms with van der Waals surface area (Å²) in [6.45, 7) is 6.69. The van der Waals surface area contributed by atoms with Crippen LogP contribution in [0.4, 0.5) is 17.1 Å². The van der Waals surface area contributed by atoms with Crippen LogP contribution in [0.15, 0.2) is 146 Å². The second-order valence-electron chi connectivity index (χ2n) is 13.3. The first-order valence-electron chi connectivity index (χ1n) is 16.4. The number of anilines is 3. The number of ether oxygens (including phenoxy) is 1. The molecule has 0 unspecified atom stereocenters. The molecule has 0 saturated heterocycles. The van der Waals surface area contributed by atoms with Gasteiger partial charge >= 0.3 is 0 Å². The predicted octanol–water partition coefficient (Wildman–Crippen LogP) is 10.4. The van der Waals surface area contributed by atoms with E-state index in [0.717, 1.165) is 56.8 Å². The maximum Gasteiger partial charge on any atom is 0.151 e. The van der Waals surface area contributed by atoms with E-state index in [1.54, 1.807) is 0 Å². The largest absolute Gasteiger partial charge is 0.453 e.